The molecule has 0 radical (unpaired) electrons. The lowest BCUT2D eigenvalue weighted by atomic mass is 10.1. The van der Waals surface area contributed by atoms with Crippen LogP contribution in [0.5, 0.6) is 0 Å². The number of carboxylic acid groups (broad SMARTS) is 1. The van der Waals surface area contributed by atoms with E-state index in [0.717, 1.165) is 11.1 Å². The van der Waals surface area contributed by atoms with Gasteiger partial charge in [-0.05, 0) is 35.4 Å². The second kappa shape index (κ2) is 5.62. The van der Waals surface area contributed by atoms with E-state index in [9.17, 15) is 9.90 Å². The first-order chi connectivity index (χ1) is 10.2. The molecule has 0 atom stereocenters. The lowest BCUT2D eigenvalue weighted by Gasteiger charge is -2.08. The highest BCUT2D eigenvalue weighted by molar-refractivity contribution is 5.88. The summed E-state index contributed by atoms with van der Waals surface area (Å²) in [6.45, 7) is 1.08. The van der Waals surface area contributed by atoms with Crippen molar-refractivity contribution in [2.45, 2.75) is 13.1 Å². The highest BCUT2D eigenvalue weighted by Crippen LogP contribution is 2.13. The first kappa shape index (κ1) is 13.1. The van der Waals surface area contributed by atoms with Gasteiger partial charge >= 0.3 is 5.97 Å². The zero-order valence-electron chi connectivity index (χ0n) is 11.3. The van der Waals surface area contributed by atoms with E-state index >= 15 is 0 Å². The van der Waals surface area contributed by atoms with Crippen molar-refractivity contribution in [3.8, 4) is 0 Å². The molecule has 3 aromatic rings. The molecule has 2 aromatic heterocycles. The van der Waals surface area contributed by atoms with Gasteiger partial charge in [0.1, 0.15) is 0 Å². The SMILES string of the molecule is O=C(O)c1cc(Cn2cccn2)cc(Cn2cccn2)c1. The lowest BCUT2D eigenvalue weighted by Crippen LogP contribution is -2.07. The van der Waals surface area contributed by atoms with E-state index in [1.54, 1.807) is 33.9 Å². The summed E-state index contributed by atoms with van der Waals surface area (Å²) in [6.07, 6.45) is 7.10. The quantitative estimate of drug-likeness (QED) is 0.775. The number of benzene rings is 1. The van der Waals surface area contributed by atoms with Crippen molar-refractivity contribution in [2.24, 2.45) is 0 Å². The van der Waals surface area contributed by atoms with E-state index in [2.05, 4.69) is 10.2 Å². The number of rotatable bonds is 5. The molecule has 0 saturated heterocycles. The third-order valence-corrected chi connectivity index (χ3v) is 3.11. The van der Waals surface area contributed by atoms with E-state index in [1.165, 1.54) is 0 Å². The highest BCUT2D eigenvalue weighted by Gasteiger charge is 2.08. The minimum atomic E-state index is -0.931. The van der Waals surface area contributed by atoms with E-state index in [-0.39, 0.29) is 5.56 Å². The third-order valence-electron chi connectivity index (χ3n) is 3.11. The van der Waals surface area contributed by atoms with E-state index in [0.29, 0.717) is 13.1 Å². The van der Waals surface area contributed by atoms with Crippen molar-refractivity contribution in [1.82, 2.24) is 19.6 Å². The second-order valence-electron chi connectivity index (χ2n) is 4.75. The van der Waals surface area contributed by atoms with Crippen LogP contribution in [0.3, 0.4) is 0 Å². The number of aromatic nitrogens is 4. The van der Waals surface area contributed by atoms with Crippen molar-refractivity contribution in [2.75, 3.05) is 0 Å². The molecule has 0 aliphatic carbocycles. The number of carbonyl (C=O) groups is 1. The second-order valence-corrected chi connectivity index (χ2v) is 4.75. The number of hydrogen-bond donors (Lipinski definition) is 1. The normalized spacial score (nSPS) is 10.7. The molecule has 0 aliphatic rings. The van der Waals surface area contributed by atoms with Crippen LogP contribution in [0.25, 0.3) is 0 Å². The van der Waals surface area contributed by atoms with Gasteiger partial charge in [0.2, 0.25) is 0 Å². The molecule has 6 heteroatoms. The Kier molecular flexibility index (Phi) is 3.51. The first-order valence-corrected chi connectivity index (χ1v) is 6.52. The van der Waals surface area contributed by atoms with E-state index in [1.807, 2.05) is 30.6 Å². The molecule has 3 rings (SSSR count). The molecular formula is C15H14N4O2. The Morgan fingerprint density at radius 2 is 1.48 bits per heavy atom. The van der Waals surface area contributed by atoms with Gasteiger partial charge in [-0.2, -0.15) is 10.2 Å². The van der Waals surface area contributed by atoms with Gasteiger partial charge in [-0.1, -0.05) is 6.07 Å². The molecule has 0 unspecified atom stereocenters. The van der Waals surface area contributed by atoms with Crippen LogP contribution in [-0.4, -0.2) is 30.6 Å². The van der Waals surface area contributed by atoms with Crippen molar-refractivity contribution in [1.29, 1.82) is 0 Å². The lowest BCUT2D eigenvalue weighted by molar-refractivity contribution is 0.0696. The van der Waals surface area contributed by atoms with Gasteiger partial charge in [-0.25, -0.2) is 4.79 Å². The molecule has 0 amide bonds. The smallest absolute Gasteiger partial charge is 0.335 e. The van der Waals surface area contributed by atoms with E-state index < -0.39 is 5.97 Å². The molecule has 106 valence electrons. The van der Waals surface area contributed by atoms with Crippen molar-refractivity contribution >= 4 is 5.97 Å². The maximum atomic E-state index is 11.3. The maximum absolute atomic E-state index is 11.3. The zero-order valence-corrected chi connectivity index (χ0v) is 11.3. The molecule has 0 spiro atoms. The van der Waals surface area contributed by atoms with Gasteiger partial charge in [0.25, 0.3) is 0 Å². The van der Waals surface area contributed by atoms with Crippen molar-refractivity contribution in [3.05, 3.63) is 71.8 Å². The Labute approximate surface area is 121 Å². The average Bonchev–Trinajstić information content (AvgIpc) is 3.12. The Morgan fingerprint density at radius 1 is 0.952 bits per heavy atom. The summed E-state index contributed by atoms with van der Waals surface area (Å²) in [4.78, 5) is 11.3. The first-order valence-electron chi connectivity index (χ1n) is 6.52. The molecule has 0 bridgehead atoms. The van der Waals surface area contributed by atoms with Crippen LogP contribution in [0.15, 0.2) is 55.1 Å². The van der Waals surface area contributed by atoms with Gasteiger partial charge in [0.05, 0.1) is 18.7 Å². The van der Waals surface area contributed by atoms with E-state index in [4.69, 9.17) is 0 Å². The standard InChI is InChI=1S/C15H14N4O2/c20-15(21)14-8-12(10-18-5-1-3-16-18)7-13(9-14)11-19-6-2-4-17-19/h1-9H,10-11H2,(H,20,21). The molecule has 2 heterocycles. The molecule has 0 fully saturated rings. The molecule has 21 heavy (non-hydrogen) atoms. The van der Waals surface area contributed by atoms with Gasteiger partial charge in [-0.3, -0.25) is 9.36 Å². The molecule has 1 aromatic carbocycles. The van der Waals surface area contributed by atoms with Crippen LogP contribution in [-0.2, 0) is 13.1 Å². The minimum absolute atomic E-state index is 0.279. The third kappa shape index (κ3) is 3.17. The van der Waals surface area contributed by atoms with Gasteiger partial charge in [0, 0.05) is 24.8 Å². The predicted molar refractivity (Wildman–Crippen MR) is 76.1 cm³/mol. The van der Waals surface area contributed by atoms with Crippen LogP contribution >= 0.6 is 0 Å². The largest absolute Gasteiger partial charge is 0.478 e. The minimum Gasteiger partial charge on any atom is -0.478 e. The Balaban J connectivity index is 1.91. The number of aromatic carboxylic acids is 1. The summed E-state index contributed by atoms with van der Waals surface area (Å²) in [7, 11) is 0. The van der Waals surface area contributed by atoms with Crippen LogP contribution in [0.2, 0.25) is 0 Å². The summed E-state index contributed by atoms with van der Waals surface area (Å²) in [5.74, 6) is -0.931. The van der Waals surface area contributed by atoms with Crippen molar-refractivity contribution in [3.63, 3.8) is 0 Å². The number of carboxylic acids is 1. The van der Waals surface area contributed by atoms with Gasteiger partial charge in [-0.15, -0.1) is 0 Å². The van der Waals surface area contributed by atoms with Crippen LogP contribution in [0.1, 0.15) is 21.5 Å². The average molecular weight is 282 g/mol. The Morgan fingerprint density at radius 3 is 1.86 bits per heavy atom. The number of hydrogen-bond acceptors (Lipinski definition) is 3. The maximum Gasteiger partial charge on any atom is 0.335 e. The Hall–Kier alpha value is -2.89. The van der Waals surface area contributed by atoms with Crippen molar-refractivity contribution < 1.29 is 9.90 Å². The summed E-state index contributed by atoms with van der Waals surface area (Å²) < 4.78 is 3.53. The van der Waals surface area contributed by atoms with Crippen LogP contribution in [0.4, 0.5) is 0 Å². The molecule has 6 nitrogen and oxygen atoms in total. The topological polar surface area (TPSA) is 72.9 Å². The molecule has 0 aliphatic heterocycles. The molecular weight excluding hydrogens is 268 g/mol. The van der Waals surface area contributed by atoms with Gasteiger partial charge < -0.3 is 5.11 Å². The fraction of sp³-hybridized carbons (Fsp3) is 0.133. The Bertz CT molecular complexity index is 679. The summed E-state index contributed by atoms with van der Waals surface area (Å²) >= 11 is 0. The fourth-order valence-electron chi connectivity index (χ4n) is 2.23. The summed E-state index contributed by atoms with van der Waals surface area (Å²) in [6, 6.07) is 9.01. The zero-order chi connectivity index (χ0) is 14.7. The molecule has 1 N–H and O–H groups in total. The summed E-state index contributed by atoms with van der Waals surface area (Å²) in [5.41, 5.74) is 2.09. The fourth-order valence-corrected chi connectivity index (χ4v) is 2.23. The van der Waals surface area contributed by atoms with Crippen LogP contribution < -0.4 is 0 Å². The highest BCUT2D eigenvalue weighted by atomic mass is 16.4. The monoisotopic (exact) mass is 282 g/mol. The number of nitrogens with zero attached hydrogens (tertiary/aromatic N) is 4. The molecule has 0 saturated carbocycles. The van der Waals surface area contributed by atoms with Gasteiger partial charge in [0.15, 0.2) is 0 Å². The summed E-state index contributed by atoms with van der Waals surface area (Å²) in [5, 5.41) is 17.5. The predicted octanol–water partition coefficient (Wildman–Crippen LogP) is 1.87. The van der Waals surface area contributed by atoms with Crippen LogP contribution in [0, 0.1) is 0 Å².